The molecule has 5 aromatic rings. The van der Waals surface area contributed by atoms with Crippen molar-refractivity contribution in [1.29, 1.82) is 0 Å². The molecule has 0 aromatic heterocycles. The molecule has 1 atom stereocenters. The summed E-state index contributed by atoms with van der Waals surface area (Å²) in [6, 6.07) is 42.3. The summed E-state index contributed by atoms with van der Waals surface area (Å²) in [7, 11) is 0. The summed E-state index contributed by atoms with van der Waals surface area (Å²) in [4.78, 5) is 2.43. The van der Waals surface area contributed by atoms with Crippen LogP contribution < -0.4 is 9.47 Å². The Morgan fingerprint density at radius 1 is 0.429 bits per heavy atom. The molecule has 1 unspecified atom stereocenters. The second-order valence-electron chi connectivity index (χ2n) is 8.86. The molecule has 0 radical (unpaired) electrons. The van der Waals surface area contributed by atoms with Gasteiger partial charge < -0.3 is 9.47 Å². The molecule has 5 aromatic carbocycles. The predicted octanol–water partition coefficient (Wildman–Crippen LogP) is 9.01. The molecule has 0 aliphatic carbocycles. The van der Waals surface area contributed by atoms with Crippen LogP contribution in [0.4, 0.5) is 0 Å². The van der Waals surface area contributed by atoms with Crippen molar-refractivity contribution in [1.82, 2.24) is 0 Å². The predicted molar refractivity (Wildman–Crippen MR) is 140 cm³/mol. The number of ether oxygens (including phenoxy) is 2. The number of benzene rings is 5. The monoisotopic (exact) mass is 470 g/mol. The van der Waals surface area contributed by atoms with Gasteiger partial charge in [0.05, 0.1) is 0 Å². The van der Waals surface area contributed by atoms with Crippen molar-refractivity contribution in [3.05, 3.63) is 144 Å². The summed E-state index contributed by atoms with van der Waals surface area (Å²) in [5, 5.41) is 0. The van der Waals surface area contributed by atoms with E-state index in [0.29, 0.717) is 0 Å². The molecule has 3 heteroatoms. The van der Waals surface area contributed by atoms with Crippen LogP contribution in [0.25, 0.3) is 0 Å². The molecule has 0 bridgehead atoms. The van der Waals surface area contributed by atoms with Gasteiger partial charge in [0.25, 0.3) is 0 Å². The molecule has 0 fully saturated rings. The number of hydrogen-bond acceptors (Lipinski definition) is 3. The first-order chi connectivity index (χ1) is 17.4. The number of para-hydroxylation sites is 3. The van der Waals surface area contributed by atoms with E-state index in [1.807, 2.05) is 12.1 Å². The molecular formula is C32H22O2S. The quantitative estimate of drug-likeness (QED) is 0.262. The van der Waals surface area contributed by atoms with Gasteiger partial charge in [-0.05, 0) is 42.5 Å². The zero-order valence-corrected chi connectivity index (χ0v) is 19.7. The maximum Gasteiger partial charge on any atom is 0.132 e. The van der Waals surface area contributed by atoms with E-state index in [-0.39, 0.29) is 11.8 Å². The van der Waals surface area contributed by atoms with Crippen LogP contribution in [0.2, 0.25) is 0 Å². The Hall–Kier alpha value is -3.95. The maximum atomic E-state index is 6.51. The van der Waals surface area contributed by atoms with E-state index in [4.69, 9.17) is 9.47 Å². The Morgan fingerprint density at radius 3 is 1.54 bits per heavy atom. The van der Waals surface area contributed by atoms with Crippen molar-refractivity contribution in [2.75, 3.05) is 0 Å². The van der Waals surface area contributed by atoms with Gasteiger partial charge in [0.1, 0.15) is 23.0 Å². The molecule has 2 heterocycles. The molecule has 0 amide bonds. The zero-order chi connectivity index (χ0) is 23.2. The molecule has 0 saturated heterocycles. The van der Waals surface area contributed by atoms with Gasteiger partial charge in [0, 0.05) is 43.9 Å². The van der Waals surface area contributed by atoms with E-state index < -0.39 is 0 Å². The molecular weight excluding hydrogens is 448 g/mol. The summed E-state index contributed by atoms with van der Waals surface area (Å²) >= 11 is 1.80. The van der Waals surface area contributed by atoms with Gasteiger partial charge in [0.15, 0.2) is 0 Å². The van der Waals surface area contributed by atoms with Gasteiger partial charge in [-0.1, -0.05) is 90.6 Å². The summed E-state index contributed by atoms with van der Waals surface area (Å²) in [6.45, 7) is 0. The van der Waals surface area contributed by atoms with Crippen LogP contribution >= 0.6 is 11.8 Å². The zero-order valence-electron chi connectivity index (χ0n) is 18.9. The lowest BCUT2D eigenvalue weighted by molar-refractivity contribution is 0.410. The highest BCUT2D eigenvalue weighted by Crippen LogP contribution is 2.59. The normalized spacial score (nSPS) is 15.6. The van der Waals surface area contributed by atoms with E-state index in [1.165, 1.54) is 32.0 Å². The minimum Gasteiger partial charge on any atom is -0.457 e. The molecule has 7 rings (SSSR count). The molecule has 168 valence electrons. The number of fused-ring (bicyclic) bond motifs is 4. The highest BCUT2D eigenvalue weighted by molar-refractivity contribution is 7.99. The second kappa shape index (κ2) is 8.37. The largest absolute Gasteiger partial charge is 0.457 e. The molecule has 0 N–H and O–H groups in total. The summed E-state index contributed by atoms with van der Waals surface area (Å²) in [5.74, 6) is 3.88. The Balaban J connectivity index is 1.49. The standard InChI is InChI=1S/C32H22O2S/c1-2-11-21(12-3-1)35-29-20-10-19-28-32(29)31(24-15-6-9-18-27(24)34-28)30-22-13-4-7-16-25(22)33-26-17-8-5-14-23(26)30/h1-20,30-31H. The summed E-state index contributed by atoms with van der Waals surface area (Å²) in [6.07, 6.45) is 0. The van der Waals surface area contributed by atoms with Crippen LogP contribution in [-0.4, -0.2) is 0 Å². The lowest BCUT2D eigenvalue weighted by atomic mass is 9.71. The van der Waals surface area contributed by atoms with Crippen LogP contribution in [0.5, 0.6) is 23.0 Å². The Morgan fingerprint density at radius 2 is 0.914 bits per heavy atom. The fourth-order valence-electron chi connectivity index (χ4n) is 5.38. The first kappa shape index (κ1) is 20.4. The van der Waals surface area contributed by atoms with Gasteiger partial charge in [-0.15, -0.1) is 0 Å². The first-order valence-corrected chi connectivity index (χ1v) is 12.7. The molecule has 2 nitrogen and oxygen atoms in total. The lowest BCUT2D eigenvalue weighted by Gasteiger charge is -2.38. The Kier molecular flexibility index (Phi) is 4.88. The van der Waals surface area contributed by atoms with Crippen molar-refractivity contribution in [2.45, 2.75) is 21.6 Å². The average molecular weight is 471 g/mol. The van der Waals surface area contributed by atoms with Crippen LogP contribution in [0.3, 0.4) is 0 Å². The van der Waals surface area contributed by atoms with E-state index in [1.54, 1.807) is 11.8 Å². The number of hydrogen-bond donors (Lipinski definition) is 0. The van der Waals surface area contributed by atoms with Crippen LogP contribution in [-0.2, 0) is 0 Å². The fraction of sp³-hybridized carbons (Fsp3) is 0.0625. The third-order valence-electron chi connectivity index (χ3n) is 6.84. The van der Waals surface area contributed by atoms with E-state index in [2.05, 4.69) is 109 Å². The van der Waals surface area contributed by atoms with Gasteiger partial charge in [-0.25, -0.2) is 0 Å². The van der Waals surface area contributed by atoms with Crippen molar-refractivity contribution >= 4 is 11.8 Å². The van der Waals surface area contributed by atoms with Gasteiger partial charge in [-0.2, -0.15) is 0 Å². The maximum absolute atomic E-state index is 6.51. The highest BCUT2D eigenvalue weighted by Gasteiger charge is 2.40. The third-order valence-corrected chi connectivity index (χ3v) is 7.93. The van der Waals surface area contributed by atoms with Crippen molar-refractivity contribution in [3.63, 3.8) is 0 Å². The molecule has 2 aliphatic heterocycles. The fourth-order valence-corrected chi connectivity index (χ4v) is 6.41. The minimum absolute atomic E-state index is 0.0774. The average Bonchev–Trinajstić information content (AvgIpc) is 2.91. The van der Waals surface area contributed by atoms with Crippen molar-refractivity contribution in [2.24, 2.45) is 0 Å². The van der Waals surface area contributed by atoms with E-state index in [9.17, 15) is 0 Å². The van der Waals surface area contributed by atoms with Crippen molar-refractivity contribution in [3.8, 4) is 23.0 Å². The van der Waals surface area contributed by atoms with E-state index >= 15 is 0 Å². The van der Waals surface area contributed by atoms with Gasteiger partial charge >= 0.3 is 0 Å². The lowest BCUT2D eigenvalue weighted by Crippen LogP contribution is -2.22. The molecule has 35 heavy (non-hydrogen) atoms. The molecule has 2 aliphatic rings. The van der Waals surface area contributed by atoms with Gasteiger partial charge in [0.2, 0.25) is 0 Å². The van der Waals surface area contributed by atoms with Gasteiger partial charge in [-0.3, -0.25) is 0 Å². The van der Waals surface area contributed by atoms with Crippen LogP contribution in [0, 0.1) is 0 Å². The third kappa shape index (κ3) is 3.43. The SMILES string of the molecule is c1ccc(Sc2cccc3c2C(C2c4ccccc4Oc4ccccc42)c2ccccc2O3)cc1. The smallest absolute Gasteiger partial charge is 0.132 e. The Labute approximate surface area is 209 Å². The number of rotatable bonds is 3. The summed E-state index contributed by atoms with van der Waals surface area (Å²) in [5.41, 5.74) is 4.85. The van der Waals surface area contributed by atoms with Crippen molar-refractivity contribution < 1.29 is 9.47 Å². The molecule has 0 saturated carbocycles. The topological polar surface area (TPSA) is 18.5 Å². The minimum atomic E-state index is 0.0774. The second-order valence-corrected chi connectivity index (χ2v) is 9.97. The molecule has 0 spiro atoms. The van der Waals surface area contributed by atoms with E-state index in [0.717, 1.165) is 23.0 Å². The van der Waals surface area contributed by atoms with Crippen LogP contribution in [0.15, 0.2) is 131 Å². The van der Waals surface area contributed by atoms with Crippen LogP contribution in [0.1, 0.15) is 34.1 Å². The first-order valence-electron chi connectivity index (χ1n) is 11.8. The Bertz CT molecular complexity index is 1500. The summed E-state index contributed by atoms with van der Waals surface area (Å²) < 4.78 is 12.9. The highest BCUT2D eigenvalue weighted by atomic mass is 32.2.